The number of hydrogen-bond acceptors (Lipinski definition) is 2. The molecule has 0 fully saturated rings. The maximum absolute atomic E-state index is 10.6. The molecule has 3 nitrogen and oxygen atoms in total. The van der Waals surface area contributed by atoms with Gasteiger partial charge in [0.15, 0.2) is 0 Å². The molecule has 0 aliphatic carbocycles. The number of halogens is 1. The molecule has 0 spiro atoms. The summed E-state index contributed by atoms with van der Waals surface area (Å²) in [5.41, 5.74) is 8.45. The largest absolute Gasteiger partial charge is 0.481 e. The minimum atomic E-state index is -0.903. The molecule has 0 saturated heterocycles. The van der Waals surface area contributed by atoms with E-state index in [1.165, 1.54) is 0 Å². The molecule has 3 N–H and O–H groups in total. The minimum Gasteiger partial charge on any atom is -0.481 e. The van der Waals surface area contributed by atoms with E-state index in [1.54, 1.807) is 0 Å². The van der Waals surface area contributed by atoms with E-state index in [9.17, 15) is 4.79 Å². The van der Waals surface area contributed by atoms with Crippen LogP contribution in [0.2, 0.25) is 5.02 Å². The van der Waals surface area contributed by atoms with Crippen LogP contribution < -0.4 is 5.73 Å². The van der Waals surface area contributed by atoms with Crippen LogP contribution in [0.1, 0.15) is 29.2 Å². The summed E-state index contributed by atoms with van der Waals surface area (Å²) < 4.78 is 0. The third kappa shape index (κ3) is 2.94. The van der Waals surface area contributed by atoms with E-state index in [-0.39, 0.29) is 6.42 Å². The maximum atomic E-state index is 10.6. The van der Waals surface area contributed by atoms with Gasteiger partial charge in [0, 0.05) is 11.1 Å². The van der Waals surface area contributed by atoms with Crippen LogP contribution in [0.25, 0.3) is 0 Å². The highest BCUT2D eigenvalue weighted by molar-refractivity contribution is 6.31. The molecule has 4 heteroatoms. The number of carboxylic acid groups (broad SMARTS) is 1. The fourth-order valence-corrected chi connectivity index (χ4v) is 1.81. The highest BCUT2D eigenvalue weighted by atomic mass is 35.5. The number of hydrogen-bond donors (Lipinski definition) is 2. The summed E-state index contributed by atoms with van der Waals surface area (Å²) >= 11 is 6.00. The molecule has 0 amide bonds. The number of nitrogens with two attached hydrogens (primary N) is 1. The van der Waals surface area contributed by atoms with Gasteiger partial charge in [0.1, 0.15) is 0 Å². The molecule has 1 aromatic rings. The van der Waals surface area contributed by atoms with Gasteiger partial charge in [0.05, 0.1) is 6.42 Å². The van der Waals surface area contributed by atoms with E-state index in [4.69, 9.17) is 22.4 Å². The molecule has 0 aliphatic heterocycles. The van der Waals surface area contributed by atoms with Gasteiger partial charge < -0.3 is 10.8 Å². The summed E-state index contributed by atoms with van der Waals surface area (Å²) in [7, 11) is 0. The van der Waals surface area contributed by atoms with Gasteiger partial charge in [0.2, 0.25) is 0 Å². The molecule has 1 atom stereocenters. The molecule has 0 radical (unpaired) electrons. The number of benzene rings is 1. The molecule has 15 heavy (non-hydrogen) atoms. The summed E-state index contributed by atoms with van der Waals surface area (Å²) in [5.74, 6) is -0.903. The van der Waals surface area contributed by atoms with Crippen LogP contribution in [0.5, 0.6) is 0 Å². The average molecular weight is 228 g/mol. The van der Waals surface area contributed by atoms with E-state index in [0.29, 0.717) is 5.02 Å². The highest BCUT2D eigenvalue weighted by Gasteiger charge is 2.14. The monoisotopic (exact) mass is 227 g/mol. The van der Waals surface area contributed by atoms with Crippen LogP contribution in [-0.2, 0) is 4.79 Å². The summed E-state index contributed by atoms with van der Waals surface area (Å²) in [4.78, 5) is 10.6. The smallest absolute Gasteiger partial charge is 0.305 e. The van der Waals surface area contributed by atoms with Crippen molar-refractivity contribution in [2.75, 3.05) is 0 Å². The number of rotatable bonds is 3. The lowest BCUT2D eigenvalue weighted by molar-refractivity contribution is -0.137. The van der Waals surface area contributed by atoms with E-state index < -0.39 is 12.0 Å². The lowest BCUT2D eigenvalue weighted by atomic mass is 9.97. The van der Waals surface area contributed by atoms with Crippen LogP contribution >= 0.6 is 11.6 Å². The van der Waals surface area contributed by atoms with E-state index in [2.05, 4.69) is 0 Å². The third-order valence-electron chi connectivity index (χ3n) is 2.32. The van der Waals surface area contributed by atoms with Gasteiger partial charge in [-0.3, -0.25) is 4.79 Å². The summed E-state index contributed by atoms with van der Waals surface area (Å²) in [5, 5.41) is 9.29. The number of aryl methyl sites for hydroxylation is 1. The van der Waals surface area contributed by atoms with Gasteiger partial charge in [-0.05, 0) is 36.6 Å². The third-order valence-corrected chi connectivity index (χ3v) is 2.72. The summed E-state index contributed by atoms with van der Waals surface area (Å²) in [6.45, 7) is 3.75. The Kier molecular flexibility index (Phi) is 3.72. The Labute approximate surface area is 93.9 Å². The van der Waals surface area contributed by atoms with Crippen molar-refractivity contribution in [3.05, 3.63) is 33.8 Å². The first kappa shape index (κ1) is 12.0. The Balaban J connectivity index is 3.07. The first-order valence-electron chi connectivity index (χ1n) is 4.66. The van der Waals surface area contributed by atoms with E-state index in [1.807, 2.05) is 26.0 Å². The highest BCUT2D eigenvalue weighted by Crippen LogP contribution is 2.26. The van der Waals surface area contributed by atoms with Gasteiger partial charge in [0.25, 0.3) is 0 Å². The molecular weight excluding hydrogens is 214 g/mol. The second-order valence-electron chi connectivity index (χ2n) is 3.67. The van der Waals surface area contributed by atoms with Gasteiger partial charge in [-0.25, -0.2) is 0 Å². The van der Waals surface area contributed by atoms with Crippen LogP contribution in [0, 0.1) is 13.8 Å². The fraction of sp³-hybridized carbons (Fsp3) is 0.364. The standard InChI is InChI=1S/C11H14ClNO2/c1-6-3-8(7(2)9(12)4-6)10(13)5-11(14)15/h3-4,10H,5,13H2,1-2H3,(H,14,15). The van der Waals surface area contributed by atoms with Gasteiger partial charge in [-0.15, -0.1) is 0 Å². The van der Waals surface area contributed by atoms with Crippen molar-refractivity contribution in [1.82, 2.24) is 0 Å². The Bertz CT molecular complexity index is 390. The fourth-order valence-electron chi connectivity index (χ4n) is 1.52. The molecule has 1 unspecified atom stereocenters. The van der Waals surface area contributed by atoms with E-state index >= 15 is 0 Å². The zero-order chi connectivity index (χ0) is 11.6. The lowest BCUT2D eigenvalue weighted by Crippen LogP contribution is -2.16. The molecule has 1 rings (SSSR count). The molecule has 82 valence electrons. The predicted octanol–water partition coefficient (Wildman–Crippen LogP) is 2.43. The summed E-state index contributed by atoms with van der Waals surface area (Å²) in [6.07, 6.45) is -0.0827. The SMILES string of the molecule is Cc1cc(Cl)c(C)c(C(N)CC(=O)O)c1. The Morgan fingerprint density at radius 1 is 1.53 bits per heavy atom. The molecule has 0 saturated carbocycles. The second-order valence-corrected chi connectivity index (χ2v) is 4.07. The zero-order valence-corrected chi connectivity index (χ0v) is 9.51. The van der Waals surface area contributed by atoms with Crippen LogP contribution in [0.4, 0.5) is 0 Å². The lowest BCUT2D eigenvalue weighted by Gasteiger charge is -2.14. The van der Waals surface area contributed by atoms with Crippen molar-refractivity contribution in [2.45, 2.75) is 26.3 Å². The predicted molar refractivity (Wildman–Crippen MR) is 60.1 cm³/mol. The van der Waals surface area contributed by atoms with Crippen LogP contribution in [0.15, 0.2) is 12.1 Å². The van der Waals surface area contributed by atoms with Gasteiger partial charge in [-0.2, -0.15) is 0 Å². The van der Waals surface area contributed by atoms with Crippen LogP contribution in [0.3, 0.4) is 0 Å². The van der Waals surface area contributed by atoms with Crippen molar-refractivity contribution in [3.8, 4) is 0 Å². The van der Waals surface area contributed by atoms with Gasteiger partial charge >= 0.3 is 5.97 Å². The molecule has 0 aromatic heterocycles. The first-order chi connectivity index (χ1) is 6.91. The van der Waals surface area contributed by atoms with E-state index in [0.717, 1.165) is 16.7 Å². The Hall–Kier alpha value is -1.06. The van der Waals surface area contributed by atoms with Crippen molar-refractivity contribution >= 4 is 17.6 Å². The topological polar surface area (TPSA) is 63.3 Å². The molecule has 0 bridgehead atoms. The van der Waals surface area contributed by atoms with Crippen LogP contribution in [-0.4, -0.2) is 11.1 Å². The molecule has 0 aliphatic rings. The maximum Gasteiger partial charge on any atom is 0.305 e. The van der Waals surface area contributed by atoms with Gasteiger partial charge in [-0.1, -0.05) is 17.7 Å². The van der Waals surface area contributed by atoms with Crippen molar-refractivity contribution in [1.29, 1.82) is 0 Å². The minimum absolute atomic E-state index is 0.0827. The molecule has 1 aromatic carbocycles. The average Bonchev–Trinajstić information content (AvgIpc) is 2.09. The summed E-state index contributed by atoms with van der Waals surface area (Å²) in [6, 6.07) is 3.22. The van der Waals surface area contributed by atoms with Crippen molar-refractivity contribution in [2.24, 2.45) is 5.73 Å². The number of carboxylic acids is 1. The Morgan fingerprint density at radius 2 is 2.13 bits per heavy atom. The number of carbonyl (C=O) groups is 1. The van der Waals surface area contributed by atoms with Crippen molar-refractivity contribution < 1.29 is 9.90 Å². The molecular formula is C11H14ClNO2. The second kappa shape index (κ2) is 4.64. The Morgan fingerprint density at radius 3 is 2.67 bits per heavy atom. The number of aliphatic carboxylic acids is 1. The van der Waals surface area contributed by atoms with Crippen molar-refractivity contribution in [3.63, 3.8) is 0 Å². The zero-order valence-electron chi connectivity index (χ0n) is 8.75. The quantitative estimate of drug-likeness (QED) is 0.834. The first-order valence-corrected chi connectivity index (χ1v) is 5.03. The normalized spacial score (nSPS) is 12.5. The molecule has 0 heterocycles.